The van der Waals surface area contributed by atoms with Crippen LogP contribution in [0, 0.1) is 9.49 Å². The van der Waals surface area contributed by atoms with Crippen LogP contribution in [0.4, 0.5) is 0 Å². The maximum atomic E-state index is 6.09. The minimum atomic E-state index is 0.221. The molecule has 2 nitrogen and oxygen atoms in total. The number of benzene rings is 1. The number of hydrogen-bond donors (Lipinski definition) is 2. The number of nitrogens with one attached hydrogen (secondary N) is 1. The summed E-state index contributed by atoms with van der Waals surface area (Å²) in [5.41, 5.74) is 4.20. The predicted molar refractivity (Wildman–Crippen MR) is 85.4 cm³/mol. The zero-order valence-corrected chi connectivity index (χ0v) is 13.4. The molecule has 1 aliphatic rings. The Morgan fingerprint density at radius 1 is 1.33 bits per heavy atom. The Morgan fingerprint density at radius 2 is 2.06 bits per heavy atom. The fourth-order valence-electron chi connectivity index (χ4n) is 2.82. The molecule has 0 radical (unpaired) electrons. The summed E-state index contributed by atoms with van der Waals surface area (Å²) in [5, 5.41) is 0.786. The summed E-state index contributed by atoms with van der Waals surface area (Å²) in [4.78, 5) is 0. The molecule has 0 saturated heterocycles. The Balaban J connectivity index is 2.09. The van der Waals surface area contributed by atoms with Gasteiger partial charge < -0.3 is 0 Å². The predicted octanol–water partition coefficient (Wildman–Crippen LogP) is 4.42. The van der Waals surface area contributed by atoms with Gasteiger partial charge in [0.2, 0.25) is 0 Å². The van der Waals surface area contributed by atoms with Crippen molar-refractivity contribution in [2.24, 2.45) is 11.8 Å². The number of halogens is 2. The molecule has 100 valence electrons. The van der Waals surface area contributed by atoms with Crippen LogP contribution in [0.5, 0.6) is 0 Å². The van der Waals surface area contributed by atoms with Crippen LogP contribution in [-0.2, 0) is 0 Å². The van der Waals surface area contributed by atoms with Crippen molar-refractivity contribution in [2.75, 3.05) is 0 Å². The highest BCUT2D eigenvalue weighted by atomic mass is 127. The van der Waals surface area contributed by atoms with Gasteiger partial charge in [0.1, 0.15) is 0 Å². The van der Waals surface area contributed by atoms with E-state index in [1.807, 2.05) is 12.1 Å². The first kappa shape index (κ1) is 14.6. The Hall–Kier alpha value is 0.160. The molecule has 3 N–H and O–H groups in total. The lowest BCUT2D eigenvalue weighted by molar-refractivity contribution is 0.300. The van der Waals surface area contributed by atoms with Crippen LogP contribution in [0.25, 0.3) is 0 Å². The summed E-state index contributed by atoms with van der Waals surface area (Å²) in [6, 6.07) is 6.25. The van der Waals surface area contributed by atoms with Crippen molar-refractivity contribution in [3.8, 4) is 0 Å². The number of rotatable bonds is 4. The topological polar surface area (TPSA) is 38.0 Å². The second-order valence-electron chi connectivity index (χ2n) is 5.12. The van der Waals surface area contributed by atoms with Crippen LogP contribution in [0.3, 0.4) is 0 Å². The largest absolute Gasteiger partial charge is 0.271 e. The second kappa shape index (κ2) is 7.08. The molecule has 0 aliphatic heterocycles. The van der Waals surface area contributed by atoms with E-state index >= 15 is 0 Å². The van der Waals surface area contributed by atoms with Gasteiger partial charge in [-0.1, -0.05) is 43.7 Å². The molecule has 1 atom stereocenters. The fourth-order valence-corrected chi connectivity index (χ4v) is 3.71. The van der Waals surface area contributed by atoms with Gasteiger partial charge in [0, 0.05) is 14.6 Å². The van der Waals surface area contributed by atoms with Gasteiger partial charge in [-0.3, -0.25) is 11.3 Å². The maximum Gasteiger partial charge on any atom is 0.0473 e. The number of hydrogen-bond acceptors (Lipinski definition) is 2. The number of hydrazine groups is 1. The van der Waals surface area contributed by atoms with Gasteiger partial charge in [0.15, 0.2) is 0 Å². The van der Waals surface area contributed by atoms with Crippen molar-refractivity contribution in [2.45, 2.75) is 44.6 Å². The lowest BCUT2D eigenvalue weighted by Crippen LogP contribution is -2.30. The number of nitrogens with two attached hydrogens (primary N) is 1. The van der Waals surface area contributed by atoms with Crippen molar-refractivity contribution < 1.29 is 0 Å². The molecular formula is C14H20ClIN2. The molecule has 1 saturated carbocycles. The van der Waals surface area contributed by atoms with Crippen LogP contribution in [-0.4, -0.2) is 0 Å². The van der Waals surface area contributed by atoms with Crippen molar-refractivity contribution >= 4 is 34.2 Å². The van der Waals surface area contributed by atoms with Gasteiger partial charge in [0.25, 0.3) is 0 Å². The van der Waals surface area contributed by atoms with Crippen molar-refractivity contribution in [1.29, 1.82) is 0 Å². The van der Waals surface area contributed by atoms with E-state index in [1.54, 1.807) is 0 Å². The second-order valence-corrected chi connectivity index (χ2v) is 6.72. The summed E-state index contributed by atoms with van der Waals surface area (Å²) in [6.07, 6.45) is 7.94. The SMILES string of the molecule is NNC(CC1CCCCC1)c1cc(Cl)ccc1I. The zero-order chi connectivity index (χ0) is 13.0. The van der Waals surface area contributed by atoms with E-state index in [2.05, 4.69) is 34.1 Å². The smallest absolute Gasteiger partial charge is 0.0473 e. The molecule has 1 aromatic rings. The molecule has 0 amide bonds. The van der Waals surface area contributed by atoms with Crippen LogP contribution >= 0.6 is 34.2 Å². The molecule has 1 aromatic carbocycles. The van der Waals surface area contributed by atoms with Crippen molar-refractivity contribution in [1.82, 2.24) is 5.43 Å². The summed E-state index contributed by atoms with van der Waals surface area (Å²) in [6.45, 7) is 0. The average molecular weight is 379 g/mol. The fraction of sp³-hybridized carbons (Fsp3) is 0.571. The molecule has 0 spiro atoms. The third-order valence-corrected chi connectivity index (χ3v) is 5.05. The molecular weight excluding hydrogens is 359 g/mol. The average Bonchev–Trinajstić information content (AvgIpc) is 2.40. The Bertz CT molecular complexity index is 391. The molecule has 2 rings (SSSR count). The zero-order valence-electron chi connectivity index (χ0n) is 10.5. The van der Waals surface area contributed by atoms with Crippen LogP contribution < -0.4 is 11.3 Å². The third kappa shape index (κ3) is 3.83. The van der Waals surface area contributed by atoms with Crippen LogP contribution in [0.2, 0.25) is 5.02 Å². The highest BCUT2D eigenvalue weighted by Crippen LogP contribution is 2.33. The molecule has 0 aromatic heterocycles. The van der Waals surface area contributed by atoms with Gasteiger partial charge in [-0.15, -0.1) is 0 Å². The monoisotopic (exact) mass is 378 g/mol. The molecule has 1 aliphatic carbocycles. The first-order valence-corrected chi connectivity index (χ1v) is 8.07. The van der Waals surface area contributed by atoms with Gasteiger partial charge in [-0.25, -0.2) is 0 Å². The van der Waals surface area contributed by atoms with Gasteiger partial charge in [0.05, 0.1) is 0 Å². The van der Waals surface area contributed by atoms with Crippen molar-refractivity contribution in [3.05, 3.63) is 32.4 Å². The van der Waals surface area contributed by atoms with E-state index < -0.39 is 0 Å². The lowest BCUT2D eigenvalue weighted by Gasteiger charge is -2.27. The van der Waals surface area contributed by atoms with E-state index in [0.717, 1.165) is 17.4 Å². The normalized spacial score (nSPS) is 18.8. The molecule has 0 bridgehead atoms. The third-order valence-electron chi connectivity index (χ3n) is 3.83. The Morgan fingerprint density at radius 3 is 2.72 bits per heavy atom. The van der Waals surface area contributed by atoms with Crippen molar-refractivity contribution in [3.63, 3.8) is 0 Å². The minimum Gasteiger partial charge on any atom is -0.271 e. The molecule has 4 heteroatoms. The molecule has 1 unspecified atom stereocenters. The first-order chi connectivity index (χ1) is 8.70. The summed E-state index contributed by atoms with van der Waals surface area (Å²) >= 11 is 8.44. The highest BCUT2D eigenvalue weighted by molar-refractivity contribution is 14.1. The van der Waals surface area contributed by atoms with E-state index in [1.165, 1.54) is 41.2 Å². The van der Waals surface area contributed by atoms with E-state index in [0.29, 0.717) is 0 Å². The summed E-state index contributed by atoms with van der Waals surface area (Å²) < 4.78 is 1.23. The lowest BCUT2D eigenvalue weighted by atomic mass is 9.83. The Labute approximate surface area is 128 Å². The van der Waals surface area contributed by atoms with Gasteiger partial charge in [-0.2, -0.15) is 0 Å². The molecule has 0 heterocycles. The van der Waals surface area contributed by atoms with Gasteiger partial charge in [-0.05, 0) is 58.7 Å². The summed E-state index contributed by atoms with van der Waals surface area (Å²) in [7, 11) is 0. The molecule has 18 heavy (non-hydrogen) atoms. The van der Waals surface area contributed by atoms with Gasteiger partial charge >= 0.3 is 0 Å². The standard InChI is InChI=1S/C14H20ClIN2/c15-11-6-7-13(16)12(9-11)14(18-17)8-10-4-2-1-3-5-10/h6-7,9-10,14,18H,1-5,8,17H2. The van der Waals surface area contributed by atoms with E-state index in [4.69, 9.17) is 17.4 Å². The quantitative estimate of drug-likeness (QED) is 0.462. The first-order valence-electron chi connectivity index (χ1n) is 6.62. The van der Waals surface area contributed by atoms with Crippen LogP contribution in [0.1, 0.15) is 50.1 Å². The van der Waals surface area contributed by atoms with E-state index in [-0.39, 0.29) is 6.04 Å². The maximum absolute atomic E-state index is 6.09. The Kier molecular flexibility index (Phi) is 5.73. The van der Waals surface area contributed by atoms with E-state index in [9.17, 15) is 0 Å². The highest BCUT2D eigenvalue weighted by Gasteiger charge is 2.21. The van der Waals surface area contributed by atoms with Crippen LogP contribution in [0.15, 0.2) is 18.2 Å². The molecule has 1 fully saturated rings. The summed E-state index contributed by atoms with van der Waals surface area (Å²) in [5.74, 6) is 6.55. The minimum absolute atomic E-state index is 0.221.